The van der Waals surface area contributed by atoms with Gasteiger partial charge in [-0.1, -0.05) is 11.6 Å². The SMILES string of the molecule is FC(F)(F)c1nnc2n1CCN(c1cc(Cl)ncn1)C2. The summed E-state index contributed by atoms with van der Waals surface area (Å²) in [4.78, 5) is 9.58. The zero-order chi connectivity index (χ0) is 14.3. The highest BCUT2D eigenvalue weighted by Gasteiger charge is 2.39. The molecule has 0 aromatic carbocycles. The molecule has 3 rings (SSSR count). The minimum absolute atomic E-state index is 0.138. The maximum Gasteiger partial charge on any atom is 0.451 e. The van der Waals surface area contributed by atoms with Crippen LogP contribution < -0.4 is 4.90 Å². The molecule has 0 spiro atoms. The second kappa shape index (κ2) is 4.58. The van der Waals surface area contributed by atoms with Gasteiger partial charge in [0.15, 0.2) is 5.82 Å². The number of fused-ring (bicyclic) bond motifs is 1. The summed E-state index contributed by atoms with van der Waals surface area (Å²) < 4.78 is 39.2. The van der Waals surface area contributed by atoms with Gasteiger partial charge in [-0.2, -0.15) is 13.2 Å². The molecule has 0 amide bonds. The lowest BCUT2D eigenvalue weighted by molar-refractivity contribution is -0.147. The van der Waals surface area contributed by atoms with Crippen LogP contribution in [0.5, 0.6) is 0 Å². The van der Waals surface area contributed by atoms with Crippen LogP contribution in [-0.2, 0) is 19.3 Å². The van der Waals surface area contributed by atoms with Gasteiger partial charge < -0.3 is 9.47 Å². The second-order valence-electron chi connectivity index (χ2n) is 4.21. The summed E-state index contributed by atoms with van der Waals surface area (Å²) in [5, 5.41) is 7.09. The summed E-state index contributed by atoms with van der Waals surface area (Å²) in [6.07, 6.45) is -3.19. The Morgan fingerprint density at radius 1 is 1.15 bits per heavy atom. The van der Waals surface area contributed by atoms with E-state index in [0.29, 0.717) is 12.4 Å². The summed E-state index contributed by atoms with van der Waals surface area (Å²) in [7, 11) is 0. The Morgan fingerprint density at radius 2 is 1.95 bits per heavy atom. The minimum atomic E-state index is -4.49. The lowest BCUT2D eigenvalue weighted by Crippen LogP contribution is -2.35. The Labute approximate surface area is 116 Å². The molecule has 0 N–H and O–H groups in total. The third-order valence-electron chi connectivity index (χ3n) is 2.95. The number of aromatic nitrogens is 5. The molecule has 0 unspecified atom stereocenters. The number of hydrogen-bond acceptors (Lipinski definition) is 5. The third kappa shape index (κ3) is 2.28. The van der Waals surface area contributed by atoms with E-state index in [4.69, 9.17) is 11.6 Å². The molecule has 1 aliphatic heterocycles. The molecule has 0 fully saturated rings. The molecule has 10 heteroatoms. The van der Waals surface area contributed by atoms with Crippen LogP contribution in [0.25, 0.3) is 0 Å². The molecule has 20 heavy (non-hydrogen) atoms. The first-order chi connectivity index (χ1) is 9.45. The first kappa shape index (κ1) is 13.1. The number of hydrogen-bond donors (Lipinski definition) is 0. The first-order valence-electron chi connectivity index (χ1n) is 5.67. The van der Waals surface area contributed by atoms with Gasteiger partial charge in [0, 0.05) is 19.2 Å². The Kier molecular flexibility index (Phi) is 3.00. The Hall–Kier alpha value is -1.90. The highest BCUT2D eigenvalue weighted by atomic mass is 35.5. The van der Waals surface area contributed by atoms with Gasteiger partial charge in [0.2, 0.25) is 5.82 Å². The van der Waals surface area contributed by atoms with Gasteiger partial charge in [-0.25, -0.2) is 9.97 Å². The average molecular weight is 305 g/mol. The van der Waals surface area contributed by atoms with Crippen LogP contribution in [-0.4, -0.2) is 31.3 Å². The average Bonchev–Trinajstić information content (AvgIpc) is 2.81. The molecule has 0 atom stereocenters. The molecule has 106 valence electrons. The summed E-state index contributed by atoms with van der Waals surface area (Å²) >= 11 is 5.77. The van der Waals surface area contributed by atoms with Crippen molar-refractivity contribution in [3.05, 3.63) is 29.2 Å². The van der Waals surface area contributed by atoms with E-state index in [1.54, 1.807) is 11.0 Å². The van der Waals surface area contributed by atoms with E-state index in [-0.39, 0.29) is 24.1 Å². The van der Waals surface area contributed by atoms with E-state index < -0.39 is 12.0 Å². The number of rotatable bonds is 1. The number of alkyl halides is 3. The Bertz CT molecular complexity index is 640. The van der Waals surface area contributed by atoms with Crippen LogP contribution in [0.2, 0.25) is 5.15 Å². The largest absolute Gasteiger partial charge is 0.451 e. The Morgan fingerprint density at radius 3 is 2.65 bits per heavy atom. The maximum atomic E-state index is 12.7. The van der Waals surface area contributed by atoms with Crippen LogP contribution in [0.1, 0.15) is 11.6 Å². The van der Waals surface area contributed by atoms with Crippen molar-refractivity contribution in [2.75, 3.05) is 11.4 Å². The van der Waals surface area contributed by atoms with Gasteiger partial charge in [0.05, 0.1) is 6.54 Å². The lowest BCUT2D eigenvalue weighted by Gasteiger charge is -2.28. The third-order valence-corrected chi connectivity index (χ3v) is 3.16. The molecule has 0 bridgehead atoms. The van der Waals surface area contributed by atoms with Crippen LogP contribution in [0.3, 0.4) is 0 Å². The van der Waals surface area contributed by atoms with Crippen molar-refractivity contribution in [1.82, 2.24) is 24.7 Å². The molecule has 0 aliphatic carbocycles. The fourth-order valence-corrected chi connectivity index (χ4v) is 2.20. The van der Waals surface area contributed by atoms with E-state index in [1.807, 2.05) is 0 Å². The van der Waals surface area contributed by atoms with Gasteiger partial charge >= 0.3 is 6.18 Å². The van der Waals surface area contributed by atoms with Crippen molar-refractivity contribution in [2.24, 2.45) is 0 Å². The topological polar surface area (TPSA) is 59.7 Å². The van der Waals surface area contributed by atoms with E-state index in [9.17, 15) is 13.2 Å². The minimum Gasteiger partial charge on any atom is -0.347 e. The van der Waals surface area contributed by atoms with Gasteiger partial charge in [-0.05, 0) is 0 Å². The number of anilines is 1. The summed E-state index contributed by atoms with van der Waals surface area (Å²) in [5.41, 5.74) is 0. The van der Waals surface area contributed by atoms with Crippen molar-refractivity contribution in [2.45, 2.75) is 19.3 Å². The Balaban J connectivity index is 1.88. The smallest absolute Gasteiger partial charge is 0.347 e. The van der Waals surface area contributed by atoms with Crippen molar-refractivity contribution in [3.8, 4) is 0 Å². The standard InChI is InChI=1S/C10H8ClF3N6/c11-6-3-7(16-5-15-6)19-1-2-20-8(4-19)17-18-9(20)10(12,13)14/h3,5H,1-2,4H2. The van der Waals surface area contributed by atoms with Crippen molar-refractivity contribution >= 4 is 17.4 Å². The molecule has 2 aromatic rings. The fourth-order valence-electron chi connectivity index (χ4n) is 2.06. The van der Waals surface area contributed by atoms with Gasteiger partial charge in [0.25, 0.3) is 0 Å². The predicted octanol–water partition coefficient (Wildman–Crippen LogP) is 1.76. The van der Waals surface area contributed by atoms with Crippen molar-refractivity contribution in [3.63, 3.8) is 0 Å². The lowest BCUT2D eigenvalue weighted by atomic mass is 10.3. The van der Waals surface area contributed by atoms with E-state index >= 15 is 0 Å². The maximum absolute atomic E-state index is 12.7. The molecular weight excluding hydrogens is 297 g/mol. The molecule has 0 radical (unpaired) electrons. The van der Waals surface area contributed by atoms with Gasteiger partial charge in [-0.15, -0.1) is 10.2 Å². The number of halogens is 4. The highest BCUT2D eigenvalue weighted by molar-refractivity contribution is 6.29. The van der Waals surface area contributed by atoms with Crippen LogP contribution in [0.4, 0.5) is 19.0 Å². The molecule has 0 saturated carbocycles. The normalized spacial score (nSPS) is 15.3. The van der Waals surface area contributed by atoms with E-state index in [0.717, 1.165) is 4.57 Å². The van der Waals surface area contributed by atoms with Crippen LogP contribution in [0, 0.1) is 0 Å². The van der Waals surface area contributed by atoms with Crippen molar-refractivity contribution in [1.29, 1.82) is 0 Å². The first-order valence-corrected chi connectivity index (χ1v) is 6.05. The van der Waals surface area contributed by atoms with Crippen molar-refractivity contribution < 1.29 is 13.2 Å². The molecule has 2 aromatic heterocycles. The predicted molar refractivity (Wildman–Crippen MR) is 63.1 cm³/mol. The second-order valence-corrected chi connectivity index (χ2v) is 4.60. The summed E-state index contributed by atoms with van der Waals surface area (Å²) in [6, 6.07) is 1.55. The molecule has 0 saturated heterocycles. The molecule has 6 nitrogen and oxygen atoms in total. The van der Waals surface area contributed by atoms with Crippen LogP contribution >= 0.6 is 11.6 Å². The zero-order valence-electron chi connectivity index (χ0n) is 9.97. The number of nitrogens with zero attached hydrogens (tertiary/aromatic N) is 6. The summed E-state index contributed by atoms with van der Waals surface area (Å²) in [5.74, 6) is -0.168. The molecule has 3 heterocycles. The highest BCUT2D eigenvalue weighted by Crippen LogP contribution is 2.30. The summed E-state index contributed by atoms with van der Waals surface area (Å²) in [6.45, 7) is 0.691. The molecule has 1 aliphatic rings. The quantitative estimate of drug-likeness (QED) is 0.751. The van der Waals surface area contributed by atoms with Gasteiger partial charge in [0.1, 0.15) is 17.3 Å². The zero-order valence-corrected chi connectivity index (χ0v) is 10.7. The van der Waals surface area contributed by atoms with E-state index in [2.05, 4.69) is 20.2 Å². The van der Waals surface area contributed by atoms with Gasteiger partial charge in [-0.3, -0.25) is 0 Å². The fraction of sp³-hybridized carbons (Fsp3) is 0.400. The van der Waals surface area contributed by atoms with E-state index in [1.165, 1.54) is 6.33 Å². The van der Waals surface area contributed by atoms with Crippen LogP contribution in [0.15, 0.2) is 12.4 Å². The monoisotopic (exact) mass is 304 g/mol. The molecular formula is C10H8ClF3N6.